The monoisotopic (exact) mass is 373 g/mol. The second-order valence-electron chi connectivity index (χ2n) is 6.57. The highest BCUT2D eigenvalue weighted by molar-refractivity contribution is 7.15. The average Bonchev–Trinajstić information content (AvgIpc) is 3.10. The van der Waals surface area contributed by atoms with Crippen LogP contribution in [0.5, 0.6) is 0 Å². The molecule has 0 aliphatic carbocycles. The fourth-order valence-corrected chi connectivity index (χ4v) is 3.89. The fraction of sp³-hybridized carbons (Fsp3) is 0.444. The van der Waals surface area contributed by atoms with Crippen molar-refractivity contribution in [2.24, 2.45) is 7.05 Å². The molecule has 8 heteroatoms. The second kappa shape index (κ2) is 7.03. The molecule has 1 N–H and O–H groups in total. The summed E-state index contributed by atoms with van der Waals surface area (Å²) in [6.07, 6.45) is 1.01. The van der Waals surface area contributed by atoms with Crippen molar-refractivity contribution >= 4 is 22.2 Å². The first-order chi connectivity index (χ1) is 12.3. The molecule has 0 fully saturated rings. The molecule has 1 unspecified atom stereocenters. The molecule has 3 aromatic rings. The Bertz CT molecular complexity index is 1030. The topological polar surface area (TPSA) is 81.3 Å². The quantitative estimate of drug-likeness (QED) is 0.744. The van der Waals surface area contributed by atoms with Gasteiger partial charge in [0, 0.05) is 24.2 Å². The Hall–Kier alpha value is -2.48. The van der Waals surface area contributed by atoms with Crippen molar-refractivity contribution in [3.8, 4) is 11.3 Å². The van der Waals surface area contributed by atoms with Crippen LogP contribution < -0.4 is 10.9 Å². The molecule has 3 heterocycles. The van der Waals surface area contributed by atoms with E-state index in [1.807, 2.05) is 46.2 Å². The fourth-order valence-electron chi connectivity index (χ4n) is 2.96. The molecule has 138 valence electrons. The van der Waals surface area contributed by atoms with Crippen LogP contribution in [0.15, 0.2) is 16.2 Å². The number of hydrogen-bond donors (Lipinski definition) is 1. The van der Waals surface area contributed by atoms with Crippen molar-refractivity contribution in [1.29, 1.82) is 0 Å². The van der Waals surface area contributed by atoms with Crippen LogP contribution in [0.1, 0.15) is 37.4 Å². The number of hydrogen-bond acceptors (Lipinski definition) is 5. The minimum absolute atomic E-state index is 0.0931. The summed E-state index contributed by atoms with van der Waals surface area (Å²) in [6.45, 7) is 7.69. The van der Waals surface area contributed by atoms with E-state index >= 15 is 0 Å². The van der Waals surface area contributed by atoms with Gasteiger partial charge in [-0.2, -0.15) is 5.10 Å². The number of aromatic nitrogens is 4. The second-order valence-corrected chi connectivity index (χ2v) is 7.41. The summed E-state index contributed by atoms with van der Waals surface area (Å²) in [4.78, 5) is 30.6. The maximum atomic E-state index is 13.2. The first-order valence-corrected chi connectivity index (χ1v) is 9.49. The predicted octanol–water partition coefficient (Wildman–Crippen LogP) is 2.23. The highest BCUT2D eigenvalue weighted by Gasteiger charge is 2.19. The van der Waals surface area contributed by atoms with E-state index in [1.54, 1.807) is 9.08 Å². The van der Waals surface area contributed by atoms with Crippen LogP contribution in [-0.4, -0.2) is 31.1 Å². The number of amides is 1. The molecule has 0 aliphatic heterocycles. The summed E-state index contributed by atoms with van der Waals surface area (Å²) in [5.41, 5.74) is 3.24. The first kappa shape index (κ1) is 18.3. The van der Waals surface area contributed by atoms with Crippen molar-refractivity contribution in [3.63, 3.8) is 0 Å². The first-order valence-electron chi connectivity index (χ1n) is 8.62. The van der Waals surface area contributed by atoms with Gasteiger partial charge in [-0.25, -0.2) is 4.98 Å². The van der Waals surface area contributed by atoms with Crippen LogP contribution in [0.3, 0.4) is 0 Å². The molecule has 26 heavy (non-hydrogen) atoms. The number of carbonyl (C=O) groups is 1. The highest BCUT2D eigenvalue weighted by atomic mass is 32.1. The Balaban J connectivity index is 2.09. The van der Waals surface area contributed by atoms with Crippen LogP contribution in [0.25, 0.3) is 16.2 Å². The van der Waals surface area contributed by atoms with Gasteiger partial charge in [-0.05, 0) is 33.3 Å². The molecule has 0 saturated heterocycles. The van der Waals surface area contributed by atoms with Gasteiger partial charge in [-0.15, -0.1) is 11.3 Å². The molecule has 0 radical (unpaired) electrons. The van der Waals surface area contributed by atoms with Gasteiger partial charge in [0.1, 0.15) is 0 Å². The van der Waals surface area contributed by atoms with Crippen LogP contribution in [-0.2, 0) is 18.3 Å². The number of thiazole rings is 1. The van der Waals surface area contributed by atoms with Crippen LogP contribution >= 0.6 is 11.3 Å². The summed E-state index contributed by atoms with van der Waals surface area (Å²) in [5, 5.41) is 9.10. The molecule has 0 bridgehead atoms. The number of nitrogens with one attached hydrogen (secondary N) is 1. The molecule has 0 saturated carbocycles. The normalized spacial score (nSPS) is 12.5. The third-order valence-corrected chi connectivity index (χ3v) is 5.32. The lowest BCUT2D eigenvalue weighted by Gasteiger charge is -2.11. The molecule has 0 aliphatic rings. The number of aryl methyl sites for hydroxylation is 3. The smallest absolute Gasteiger partial charge is 0.268 e. The highest BCUT2D eigenvalue weighted by Crippen LogP contribution is 2.22. The van der Waals surface area contributed by atoms with Gasteiger partial charge in [0.25, 0.3) is 5.56 Å². The maximum absolute atomic E-state index is 13.2. The number of nitrogens with zero attached hydrogens (tertiary/aromatic N) is 4. The molecular weight excluding hydrogens is 350 g/mol. The lowest BCUT2D eigenvalue weighted by Crippen LogP contribution is -2.34. The van der Waals surface area contributed by atoms with Gasteiger partial charge in [-0.3, -0.25) is 18.7 Å². The Labute approximate surface area is 155 Å². The zero-order chi connectivity index (χ0) is 19.0. The summed E-state index contributed by atoms with van der Waals surface area (Å²) in [6, 6.07) is 1.98. The zero-order valence-electron chi connectivity index (χ0n) is 15.7. The maximum Gasteiger partial charge on any atom is 0.268 e. The third kappa shape index (κ3) is 3.29. The van der Waals surface area contributed by atoms with E-state index in [1.165, 1.54) is 11.3 Å². The SMILES string of the molecule is CCC(C)NC(=O)Cc1csc2nc(C)c(-c3cc(C)nn3C)c(=O)n12. The average molecular weight is 373 g/mol. The van der Waals surface area contributed by atoms with Gasteiger partial charge in [0.15, 0.2) is 4.96 Å². The number of fused-ring (bicyclic) bond motifs is 1. The van der Waals surface area contributed by atoms with Crippen molar-refractivity contribution in [3.05, 3.63) is 38.9 Å². The summed E-state index contributed by atoms with van der Waals surface area (Å²) < 4.78 is 3.24. The molecule has 1 amide bonds. The summed E-state index contributed by atoms with van der Waals surface area (Å²) in [5.74, 6) is -0.0931. The van der Waals surface area contributed by atoms with Gasteiger partial charge < -0.3 is 5.32 Å². The largest absolute Gasteiger partial charge is 0.353 e. The van der Waals surface area contributed by atoms with E-state index in [-0.39, 0.29) is 23.9 Å². The minimum atomic E-state index is -0.164. The minimum Gasteiger partial charge on any atom is -0.353 e. The van der Waals surface area contributed by atoms with E-state index in [2.05, 4.69) is 15.4 Å². The van der Waals surface area contributed by atoms with Gasteiger partial charge in [-0.1, -0.05) is 6.92 Å². The number of carbonyl (C=O) groups excluding carboxylic acids is 1. The Morgan fingerprint density at radius 2 is 2.12 bits per heavy atom. The van der Waals surface area contributed by atoms with Crippen LogP contribution in [0, 0.1) is 13.8 Å². The Morgan fingerprint density at radius 1 is 1.38 bits per heavy atom. The van der Waals surface area contributed by atoms with E-state index in [9.17, 15) is 9.59 Å². The zero-order valence-corrected chi connectivity index (χ0v) is 16.5. The number of rotatable bonds is 5. The molecule has 0 aromatic carbocycles. The van der Waals surface area contributed by atoms with E-state index in [4.69, 9.17) is 0 Å². The molecule has 3 rings (SSSR count). The molecule has 1 atom stereocenters. The van der Waals surface area contributed by atoms with Gasteiger partial charge in [0.2, 0.25) is 5.91 Å². The van der Waals surface area contributed by atoms with Crippen LogP contribution in [0.4, 0.5) is 0 Å². The van der Waals surface area contributed by atoms with Crippen molar-refractivity contribution in [2.75, 3.05) is 0 Å². The molecular formula is C18H23N5O2S. The summed E-state index contributed by atoms with van der Waals surface area (Å²) in [7, 11) is 1.81. The predicted molar refractivity (Wildman–Crippen MR) is 103 cm³/mol. The lowest BCUT2D eigenvalue weighted by atomic mass is 10.1. The van der Waals surface area contributed by atoms with E-state index < -0.39 is 0 Å². The molecule has 0 spiro atoms. The van der Waals surface area contributed by atoms with E-state index in [0.29, 0.717) is 21.9 Å². The van der Waals surface area contributed by atoms with Crippen molar-refractivity contribution < 1.29 is 4.79 Å². The third-order valence-electron chi connectivity index (χ3n) is 4.44. The Morgan fingerprint density at radius 3 is 2.73 bits per heavy atom. The lowest BCUT2D eigenvalue weighted by molar-refractivity contribution is -0.121. The summed E-state index contributed by atoms with van der Waals surface area (Å²) >= 11 is 1.37. The molecule has 7 nitrogen and oxygen atoms in total. The van der Waals surface area contributed by atoms with Gasteiger partial charge >= 0.3 is 0 Å². The molecule has 3 aromatic heterocycles. The van der Waals surface area contributed by atoms with Crippen LogP contribution in [0.2, 0.25) is 0 Å². The van der Waals surface area contributed by atoms with Gasteiger partial charge in [0.05, 0.1) is 29.1 Å². The van der Waals surface area contributed by atoms with Crippen molar-refractivity contribution in [1.82, 2.24) is 24.5 Å². The van der Waals surface area contributed by atoms with E-state index in [0.717, 1.165) is 17.8 Å². The Kier molecular flexibility index (Phi) is 4.95. The van der Waals surface area contributed by atoms with Crippen molar-refractivity contribution in [2.45, 2.75) is 46.6 Å². The standard InChI is InChI=1S/C18H23N5O2S/c1-6-10(2)19-15(24)8-13-9-26-18-20-12(4)16(17(25)23(13)18)14-7-11(3)21-22(14)5/h7,9-10H,6,8H2,1-5H3,(H,19,24).